The van der Waals surface area contributed by atoms with Crippen LogP contribution in [0.25, 0.3) is 0 Å². The Kier molecular flexibility index (Phi) is 6.37. The van der Waals surface area contributed by atoms with Crippen molar-refractivity contribution in [3.63, 3.8) is 0 Å². The van der Waals surface area contributed by atoms with Crippen molar-refractivity contribution in [2.75, 3.05) is 6.61 Å². The van der Waals surface area contributed by atoms with Crippen LogP contribution in [-0.4, -0.2) is 45.8 Å². The highest BCUT2D eigenvalue weighted by Gasteiger charge is 2.54. The van der Waals surface area contributed by atoms with Crippen LogP contribution < -0.4 is 4.74 Å². The summed E-state index contributed by atoms with van der Waals surface area (Å²) in [6.07, 6.45) is -0.371. The van der Waals surface area contributed by atoms with E-state index in [1.165, 1.54) is 0 Å². The third-order valence-corrected chi connectivity index (χ3v) is 6.73. The third kappa shape index (κ3) is 4.10. The molecule has 0 radical (unpaired) electrons. The summed E-state index contributed by atoms with van der Waals surface area (Å²) >= 11 is 6.46. The minimum Gasteiger partial charge on any atom is -0.494 e. The number of aliphatic hydroxyl groups is 3. The Morgan fingerprint density at radius 2 is 1.73 bits per heavy atom. The lowest BCUT2D eigenvalue weighted by molar-refractivity contribution is -0.268. The molecule has 0 bridgehead atoms. The molecule has 30 heavy (non-hydrogen) atoms. The van der Waals surface area contributed by atoms with Gasteiger partial charge in [-0.25, -0.2) is 0 Å². The number of hydrogen-bond acceptors (Lipinski definition) is 5. The summed E-state index contributed by atoms with van der Waals surface area (Å²) in [4.78, 5) is 0. The third-order valence-electron chi connectivity index (χ3n) is 6.36. The zero-order chi connectivity index (χ0) is 21.3. The fourth-order valence-corrected chi connectivity index (χ4v) is 4.90. The second-order valence-corrected chi connectivity index (χ2v) is 8.75. The summed E-state index contributed by atoms with van der Waals surface area (Å²) < 4.78 is 11.8. The predicted molar refractivity (Wildman–Crippen MR) is 115 cm³/mol. The molecule has 162 valence electrons. The SMILES string of the molecule is CCOc1ccc(Cc2cc(C3OC4(CCCC4)C(O)C(O)C3O)ccc2Cl)cc1. The summed E-state index contributed by atoms with van der Waals surface area (Å²) in [7, 11) is 0. The molecule has 2 aromatic rings. The molecule has 2 aliphatic rings. The van der Waals surface area contributed by atoms with Gasteiger partial charge in [-0.1, -0.05) is 48.7 Å². The minimum absolute atomic E-state index is 0.623. The summed E-state index contributed by atoms with van der Waals surface area (Å²) in [6, 6.07) is 13.4. The van der Waals surface area contributed by atoms with Crippen molar-refractivity contribution in [3.05, 3.63) is 64.2 Å². The van der Waals surface area contributed by atoms with E-state index in [2.05, 4.69) is 0 Å². The lowest BCUT2D eigenvalue weighted by Gasteiger charge is -2.47. The molecule has 2 aromatic carbocycles. The summed E-state index contributed by atoms with van der Waals surface area (Å²) in [5.41, 5.74) is 1.96. The average Bonchev–Trinajstić information content (AvgIpc) is 3.22. The Balaban J connectivity index is 1.59. The van der Waals surface area contributed by atoms with Crippen LogP contribution in [0.1, 0.15) is 55.4 Å². The van der Waals surface area contributed by atoms with Gasteiger partial charge in [0, 0.05) is 5.02 Å². The topological polar surface area (TPSA) is 79.2 Å². The van der Waals surface area contributed by atoms with Crippen LogP contribution in [0.4, 0.5) is 0 Å². The van der Waals surface area contributed by atoms with E-state index in [9.17, 15) is 15.3 Å². The summed E-state index contributed by atoms with van der Waals surface area (Å²) in [5, 5.41) is 32.4. The van der Waals surface area contributed by atoms with Gasteiger partial charge in [-0.2, -0.15) is 0 Å². The Morgan fingerprint density at radius 1 is 1.03 bits per heavy atom. The molecule has 0 amide bonds. The quantitative estimate of drug-likeness (QED) is 0.669. The number of ether oxygens (including phenoxy) is 2. The Bertz CT molecular complexity index is 862. The van der Waals surface area contributed by atoms with Crippen LogP contribution in [0.3, 0.4) is 0 Å². The smallest absolute Gasteiger partial charge is 0.119 e. The number of benzene rings is 2. The van der Waals surface area contributed by atoms with Gasteiger partial charge in [0.25, 0.3) is 0 Å². The molecule has 4 rings (SSSR count). The highest BCUT2D eigenvalue weighted by atomic mass is 35.5. The minimum atomic E-state index is -1.24. The van der Waals surface area contributed by atoms with Crippen molar-refractivity contribution in [1.29, 1.82) is 0 Å². The molecular weight excluding hydrogens is 404 g/mol. The molecule has 1 aliphatic heterocycles. The van der Waals surface area contributed by atoms with Gasteiger partial charge in [0.2, 0.25) is 0 Å². The second-order valence-electron chi connectivity index (χ2n) is 8.34. The standard InChI is InChI=1S/C24H29ClO5/c1-2-29-18-8-5-15(6-9-18)13-17-14-16(7-10-19(17)25)22-20(26)21(27)23(28)24(30-22)11-3-4-12-24/h5-10,14,20-23,26-28H,2-4,11-13H2,1H3. The first-order valence-electron chi connectivity index (χ1n) is 10.7. The first-order valence-corrected chi connectivity index (χ1v) is 11.0. The van der Waals surface area contributed by atoms with Crippen molar-refractivity contribution >= 4 is 11.6 Å². The van der Waals surface area contributed by atoms with Gasteiger partial charge in [0.15, 0.2) is 0 Å². The van der Waals surface area contributed by atoms with Crippen LogP contribution in [0.5, 0.6) is 5.75 Å². The molecule has 1 saturated heterocycles. The Morgan fingerprint density at radius 3 is 2.40 bits per heavy atom. The summed E-state index contributed by atoms with van der Waals surface area (Å²) in [6.45, 7) is 2.57. The molecule has 5 nitrogen and oxygen atoms in total. The number of aliphatic hydroxyl groups excluding tert-OH is 3. The van der Waals surface area contributed by atoms with Crippen LogP contribution in [0.2, 0.25) is 5.02 Å². The van der Waals surface area contributed by atoms with Gasteiger partial charge in [0.1, 0.15) is 30.2 Å². The van der Waals surface area contributed by atoms with Crippen molar-refractivity contribution in [2.45, 2.75) is 69.0 Å². The van der Waals surface area contributed by atoms with Crippen LogP contribution in [0, 0.1) is 0 Å². The lowest BCUT2D eigenvalue weighted by Crippen LogP contribution is -2.60. The monoisotopic (exact) mass is 432 g/mol. The first-order chi connectivity index (χ1) is 14.4. The van der Waals surface area contributed by atoms with E-state index in [-0.39, 0.29) is 0 Å². The van der Waals surface area contributed by atoms with Gasteiger partial charge in [-0.05, 0) is 61.1 Å². The van der Waals surface area contributed by atoms with E-state index in [0.717, 1.165) is 35.3 Å². The summed E-state index contributed by atoms with van der Waals surface area (Å²) in [5.74, 6) is 0.828. The molecule has 1 spiro atoms. The predicted octanol–water partition coefficient (Wildman–Crippen LogP) is 3.80. The van der Waals surface area contributed by atoms with E-state index >= 15 is 0 Å². The average molecular weight is 433 g/mol. The molecule has 1 heterocycles. The molecular formula is C24H29ClO5. The second kappa shape index (κ2) is 8.85. The number of halogens is 1. The molecule has 4 unspecified atom stereocenters. The van der Waals surface area contributed by atoms with Crippen molar-refractivity contribution in [1.82, 2.24) is 0 Å². The van der Waals surface area contributed by atoms with Gasteiger partial charge in [-0.3, -0.25) is 0 Å². The van der Waals surface area contributed by atoms with Crippen LogP contribution in [0.15, 0.2) is 42.5 Å². The molecule has 1 saturated carbocycles. The maximum atomic E-state index is 10.7. The van der Waals surface area contributed by atoms with Crippen LogP contribution in [-0.2, 0) is 11.2 Å². The molecule has 1 aliphatic carbocycles. The van der Waals surface area contributed by atoms with E-state index in [1.807, 2.05) is 43.3 Å². The molecule has 4 atom stereocenters. The largest absolute Gasteiger partial charge is 0.494 e. The Hall–Kier alpha value is -1.63. The molecule has 2 fully saturated rings. The Labute approximate surface area is 182 Å². The van der Waals surface area contributed by atoms with Crippen LogP contribution >= 0.6 is 11.6 Å². The van der Waals surface area contributed by atoms with Crippen molar-refractivity contribution in [2.24, 2.45) is 0 Å². The highest BCUT2D eigenvalue weighted by molar-refractivity contribution is 6.31. The van der Waals surface area contributed by atoms with Gasteiger partial charge in [0.05, 0.1) is 12.2 Å². The van der Waals surface area contributed by atoms with E-state index < -0.39 is 30.0 Å². The van der Waals surface area contributed by atoms with Gasteiger partial charge in [-0.15, -0.1) is 0 Å². The molecule has 3 N–H and O–H groups in total. The zero-order valence-electron chi connectivity index (χ0n) is 17.1. The number of hydrogen-bond donors (Lipinski definition) is 3. The first kappa shape index (κ1) is 21.6. The highest BCUT2D eigenvalue weighted by Crippen LogP contribution is 2.46. The van der Waals surface area contributed by atoms with E-state index in [1.54, 1.807) is 6.07 Å². The van der Waals surface area contributed by atoms with Crippen molar-refractivity contribution in [3.8, 4) is 5.75 Å². The van der Waals surface area contributed by atoms with Gasteiger partial charge < -0.3 is 24.8 Å². The fraction of sp³-hybridized carbons (Fsp3) is 0.500. The van der Waals surface area contributed by atoms with Gasteiger partial charge >= 0.3 is 0 Å². The lowest BCUT2D eigenvalue weighted by atomic mass is 9.81. The normalized spacial score (nSPS) is 28.0. The maximum absolute atomic E-state index is 10.7. The molecule has 6 heteroatoms. The van der Waals surface area contributed by atoms with E-state index in [0.29, 0.717) is 30.9 Å². The maximum Gasteiger partial charge on any atom is 0.119 e. The zero-order valence-corrected chi connectivity index (χ0v) is 17.9. The molecule has 0 aromatic heterocycles. The van der Waals surface area contributed by atoms with Crippen molar-refractivity contribution < 1.29 is 24.8 Å². The van der Waals surface area contributed by atoms with E-state index in [4.69, 9.17) is 21.1 Å². The fourth-order valence-electron chi connectivity index (χ4n) is 4.72. The number of rotatable bonds is 5.